The first-order chi connectivity index (χ1) is 5.24. The highest BCUT2D eigenvalue weighted by Crippen LogP contribution is 2.13. The highest BCUT2D eigenvalue weighted by atomic mass is 15.0. The van der Waals surface area contributed by atoms with Gasteiger partial charge in [-0.1, -0.05) is 27.2 Å². The Morgan fingerprint density at radius 1 is 1.18 bits per heavy atom. The summed E-state index contributed by atoms with van der Waals surface area (Å²) in [6.07, 6.45) is 5.31. The lowest BCUT2D eigenvalue weighted by Gasteiger charge is -2.06. The Kier molecular flexibility index (Phi) is 6.63. The zero-order valence-electron chi connectivity index (χ0n) is 8.48. The topological polar surface area (TPSA) is 12.0 Å². The van der Waals surface area contributed by atoms with Crippen molar-refractivity contribution in [3.63, 3.8) is 0 Å². The smallest absolute Gasteiger partial charge is 0.00674 e. The predicted molar refractivity (Wildman–Crippen MR) is 51.9 cm³/mol. The van der Waals surface area contributed by atoms with E-state index in [2.05, 4.69) is 33.0 Å². The van der Waals surface area contributed by atoms with E-state index in [1.165, 1.54) is 25.7 Å². The van der Waals surface area contributed by atoms with Gasteiger partial charge in [-0.2, -0.15) is 0 Å². The van der Waals surface area contributed by atoms with E-state index in [9.17, 15) is 0 Å². The molecule has 0 bridgehead atoms. The van der Waals surface area contributed by atoms with Gasteiger partial charge in [-0.05, 0) is 26.2 Å². The predicted octanol–water partition coefficient (Wildman–Crippen LogP) is 2.95. The molecule has 0 radical (unpaired) electrons. The highest BCUT2D eigenvalue weighted by molar-refractivity contribution is 4.78. The van der Waals surface area contributed by atoms with Crippen molar-refractivity contribution >= 4 is 0 Å². The van der Waals surface area contributed by atoms with Crippen molar-refractivity contribution in [3.05, 3.63) is 0 Å². The first-order valence-corrected chi connectivity index (χ1v) is 5.00. The molecular weight excluding hydrogens is 134 g/mol. The lowest BCUT2D eigenvalue weighted by Crippen LogP contribution is -2.25. The van der Waals surface area contributed by atoms with Crippen LogP contribution in [0.4, 0.5) is 0 Å². The Morgan fingerprint density at radius 2 is 1.73 bits per heavy atom. The molecule has 0 saturated carbocycles. The molecule has 2 atom stereocenters. The van der Waals surface area contributed by atoms with Crippen LogP contribution in [0.3, 0.4) is 0 Å². The van der Waals surface area contributed by atoms with E-state index in [4.69, 9.17) is 0 Å². The number of hydrogen-bond acceptors (Lipinski definition) is 1. The van der Waals surface area contributed by atoms with Crippen LogP contribution in [0.5, 0.6) is 0 Å². The average Bonchev–Trinajstić information content (AvgIpc) is 2.37. The van der Waals surface area contributed by atoms with Crippen LogP contribution in [-0.4, -0.2) is 12.1 Å². The van der Waals surface area contributed by atoms with Crippen molar-refractivity contribution in [1.82, 2.24) is 5.32 Å². The molecule has 1 aliphatic heterocycles. The third kappa shape index (κ3) is 5.25. The normalized spacial score (nSPS) is 29.5. The van der Waals surface area contributed by atoms with Crippen LogP contribution < -0.4 is 5.32 Å². The molecule has 1 heteroatoms. The SMILES string of the molecule is CCC.CCC1CCC(C)N1. The Bertz CT molecular complexity index is 80.9. The van der Waals surface area contributed by atoms with E-state index < -0.39 is 0 Å². The van der Waals surface area contributed by atoms with Crippen molar-refractivity contribution in [2.45, 2.75) is 65.5 Å². The van der Waals surface area contributed by atoms with Crippen molar-refractivity contribution < 1.29 is 0 Å². The maximum atomic E-state index is 3.50. The largest absolute Gasteiger partial charge is 0.312 e. The lowest BCUT2D eigenvalue weighted by molar-refractivity contribution is 0.548. The molecule has 11 heavy (non-hydrogen) atoms. The second-order valence-corrected chi connectivity index (χ2v) is 3.46. The van der Waals surface area contributed by atoms with Gasteiger partial charge in [0.1, 0.15) is 0 Å². The van der Waals surface area contributed by atoms with Gasteiger partial charge in [0, 0.05) is 12.1 Å². The van der Waals surface area contributed by atoms with Gasteiger partial charge in [-0.25, -0.2) is 0 Å². The summed E-state index contributed by atoms with van der Waals surface area (Å²) in [5.41, 5.74) is 0. The van der Waals surface area contributed by atoms with Gasteiger partial charge in [0.2, 0.25) is 0 Å². The fraction of sp³-hybridized carbons (Fsp3) is 1.00. The maximum absolute atomic E-state index is 3.50. The molecule has 0 amide bonds. The second kappa shape index (κ2) is 6.66. The minimum Gasteiger partial charge on any atom is -0.312 e. The summed E-state index contributed by atoms with van der Waals surface area (Å²) in [5, 5.41) is 3.50. The van der Waals surface area contributed by atoms with E-state index in [0.29, 0.717) is 0 Å². The zero-order valence-corrected chi connectivity index (χ0v) is 8.48. The van der Waals surface area contributed by atoms with Gasteiger partial charge in [-0.15, -0.1) is 0 Å². The van der Waals surface area contributed by atoms with Crippen molar-refractivity contribution in [3.8, 4) is 0 Å². The van der Waals surface area contributed by atoms with Crippen LogP contribution in [0.2, 0.25) is 0 Å². The van der Waals surface area contributed by atoms with Crippen molar-refractivity contribution in [1.29, 1.82) is 0 Å². The van der Waals surface area contributed by atoms with Crippen molar-refractivity contribution in [2.75, 3.05) is 0 Å². The van der Waals surface area contributed by atoms with Gasteiger partial charge in [0.15, 0.2) is 0 Å². The van der Waals surface area contributed by atoms with Gasteiger partial charge in [-0.3, -0.25) is 0 Å². The maximum Gasteiger partial charge on any atom is 0.00674 e. The third-order valence-corrected chi connectivity index (χ3v) is 1.96. The quantitative estimate of drug-likeness (QED) is 0.617. The summed E-state index contributed by atoms with van der Waals surface area (Å²) in [5.74, 6) is 0. The fourth-order valence-corrected chi connectivity index (χ4v) is 1.34. The van der Waals surface area contributed by atoms with Crippen LogP contribution in [0, 0.1) is 0 Å². The highest BCUT2D eigenvalue weighted by Gasteiger charge is 2.17. The molecule has 1 nitrogen and oxygen atoms in total. The Morgan fingerprint density at radius 3 is 1.91 bits per heavy atom. The first kappa shape index (κ1) is 11.0. The number of nitrogens with one attached hydrogen (secondary N) is 1. The van der Waals surface area contributed by atoms with E-state index in [1.807, 2.05) is 0 Å². The first-order valence-electron chi connectivity index (χ1n) is 5.00. The number of rotatable bonds is 1. The van der Waals surface area contributed by atoms with E-state index in [-0.39, 0.29) is 0 Å². The molecule has 0 spiro atoms. The summed E-state index contributed by atoms with van der Waals surface area (Å²) in [6.45, 7) is 8.76. The third-order valence-electron chi connectivity index (χ3n) is 1.96. The monoisotopic (exact) mass is 157 g/mol. The van der Waals surface area contributed by atoms with Gasteiger partial charge in [0.25, 0.3) is 0 Å². The fourth-order valence-electron chi connectivity index (χ4n) is 1.34. The van der Waals surface area contributed by atoms with Crippen LogP contribution in [0.15, 0.2) is 0 Å². The minimum atomic E-state index is 0.778. The summed E-state index contributed by atoms with van der Waals surface area (Å²) in [6, 6.07) is 1.60. The zero-order chi connectivity index (χ0) is 8.69. The minimum absolute atomic E-state index is 0.778. The Balaban J connectivity index is 0.000000292. The molecule has 0 aromatic heterocycles. The molecule has 0 aliphatic carbocycles. The Hall–Kier alpha value is -0.0400. The molecule has 0 aromatic rings. The van der Waals surface area contributed by atoms with E-state index in [1.54, 1.807) is 0 Å². The molecule has 1 saturated heterocycles. The van der Waals surface area contributed by atoms with Crippen molar-refractivity contribution in [2.24, 2.45) is 0 Å². The van der Waals surface area contributed by atoms with E-state index in [0.717, 1.165) is 12.1 Å². The summed E-state index contributed by atoms with van der Waals surface area (Å²) in [7, 11) is 0. The molecule has 1 N–H and O–H groups in total. The van der Waals surface area contributed by atoms with E-state index >= 15 is 0 Å². The summed E-state index contributed by atoms with van der Waals surface area (Å²) < 4.78 is 0. The van der Waals surface area contributed by atoms with Crippen LogP contribution in [0.25, 0.3) is 0 Å². The molecule has 1 fully saturated rings. The molecule has 1 heterocycles. The standard InChI is InChI=1S/C7H15N.C3H8/c1-3-7-5-4-6(2)8-7;1-3-2/h6-8H,3-5H2,1-2H3;3H2,1-2H3. The molecule has 68 valence electrons. The molecule has 1 aliphatic rings. The van der Waals surface area contributed by atoms with Gasteiger partial charge >= 0.3 is 0 Å². The molecule has 2 unspecified atom stereocenters. The molecule has 1 rings (SSSR count). The van der Waals surface area contributed by atoms with Gasteiger partial charge < -0.3 is 5.32 Å². The second-order valence-electron chi connectivity index (χ2n) is 3.46. The molecular formula is C10H23N. The Labute approximate surface area is 71.6 Å². The average molecular weight is 157 g/mol. The van der Waals surface area contributed by atoms with Crippen LogP contribution >= 0.6 is 0 Å². The summed E-state index contributed by atoms with van der Waals surface area (Å²) >= 11 is 0. The molecule has 0 aromatic carbocycles. The number of hydrogen-bond donors (Lipinski definition) is 1. The summed E-state index contributed by atoms with van der Waals surface area (Å²) in [4.78, 5) is 0. The van der Waals surface area contributed by atoms with Crippen LogP contribution in [-0.2, 0) is 0 Å². The lowest BCUT2D eigenvalue weighted by atomic mass is 10.2. The van der Waals surface area contributed by atoms with Crippen LogP contribution in [0.1, 0.15) is 53.4 Å². The van der Waals surface area contributed by atoms with Gasteiger partial charge in [0.05, 0.1) is 0 Å².